The molecule has 0 spiro atoms. The van der Waals surface area contributed by atoms with Crippen LogP contribution in [0.25, 0.3) is 0 Å². The Kier molecular flexibility index (Phi) is 5.07. The fraction of sp³-hybridized carbons (Fsp3) is 0.500. The molecule has 0 N–H and O–H groups in total. The second-order valence-corrected chi connectivity index (χ2v) is 5.32. The predicted molar refractivity (Wildman–Crippen MR) is 66.9 cm³/mol. The van der Waals surface area contributed by atoms with Gasteiger partial charge in [-0.25, -0.2) is 4.39 Å². The maximum Gasteiger partial charge on any atom is 0.127 e. The number of rotatable bonds is 4. The van der Waals surface area contributed by atoms with Gasteiger partial charge in [-0.3, -0.25) is 0 Å². The average Bonchev–Trinajstić information content (AvgIpc) is 2.16. The van der Waals surface area contributed by atoms with Gasteiger partial charge in [0.15, 0.2) is 0 Å². The van der Waals surface area contributed by atoms with Gasteiger partial charge in [-0.15, -0.1) is 11.6 Å². The normalized spacial score (nSPS) is 13.2. The SMILES string of the molecule is CC(C)C(CCl)Cc1ccc(Br)cc1F. The quantitative estimate of drug-likeness (QED) is 0.709. The number of hydrogen-bond donors (Lipinski definition) is 0. The van der Waals surface area contributed by atoms with Gasteiger partial charge in [0.1, 0.15) is 5.82 Å². The molecule has 0 nitrogen and oxygen atoms in total. The van der Waals surface area contributed by atoms with Crippen molar-refractivity contribution in [2.45, 2.75) is 20.3 Å². The highest BCUT2D eigenvalue weighted by Gasteiger charge is 2.15. The lowest BCUT2D eigenvalue weighted by molar-refractivity contribution is 0.415. The zero-order valence-electron chi connectivity index (χ0n) is 8.93. The van der Waals surface area contributed by atoms with Crippen molar-refractivity contribution in [1.29, 1.82) is 0 Å². The van der Waals surface area contributed by atoms with Crippen LogP contribution in [0.1, 0.15) is 19.4 Å². The van der Waals surface area contributed by atoms with E-state index in [-0.39, 0.29) is 5.82 Å². The molecule has 0 aromatic heterocycles. The van der Waals surface area contributed by atoms with Crippen LogP contribution in [-0.2, 0) is 6.42 Å². The molecule has 3 heteroatoms. The molecule has 1 rings (SSSR count). The standard InChI is InChI=1S/C12H15BrClF/c1-8(2)10(7-14)5-9-3-4-11(13)6-12(9)15/h3-4,6,8,10H,5,7H2,1-2H3. The molecule has 1 unspecified atom stereocenters. The summed E-state index contributed by atoms with van der Waals surface area (Å²) >= 11 is 9.11. The molecule has 0 radical (unpaired) electrons. The van der Waals surface area contributed by atoms with Crippen LogP contribution >= 0.6 is 27.5 Å². The number of alkyl halides is 1. The van der Waals surface area contributed by atoms with Crippen LogP contribution in [-0.4, -0.2) is 5.88 Å². The Morgan fingerprint density at radius 2 is 2.07 bits per heavy atom. The molecule has 0 bridgehead atoms. The van der Waals surface area contributed by atoms with Crippen molar-refractivity contribution in [2.75, 3.05) is 5.88 Å². The molecule has 0 aliphatic heterocycles. The summed E-state index contributed by atoms with van der Waals surface area (Å²) in [5.74, 6) is 1.24. The second-order valence-electron chi connectivity index (χ2n) is 4.10. The Balaban J connectivity index is 2.79. The van der Waals surface area contributed by atoms with Crippen molar-refractivity contribution in [3.63, 3.8) is 0 Å². The van der Waals surface area contributed by atoms with E-state index in [1.807, 2.05) is 12.1 Å². The van der Waals surface area contributed by atoms with Crippen LogP contribution in [0.2, 0.25) is 0 Å². The largest absolute Gasteiger partial charge is 0.207 e. The molecule has 0 saturated heterocycles. The molecule has 0 saturated carbocycles. The minimum Gasteiger partial charge on any atom is -0.207 e. The van der Waals surface area contributed by atoms with Gasteiger partial charge in [-0.2, -0.15) is 0 Å². The van der Waals surface area contributed by atoms with Crippen molar-refractivity contribution in [3.05, 3.63) is 34.1 Å². The maximum atomic E-state index is 13.5. The molecule has 1 aromatic carbocycles. The lowest BCUT2D eigenvalue weighted by Gasteiger charge is -2.18. The van der Waals surface area contributed by atoms with Crippen molar-refractivity contribution < 1.29 is 4.39 Å². The smallest absolute Gasteiger partial charge is 0.127 e. The molecule has 1 aromatic rings. The molecule has 0 aliphatic carbocycles. The van der Waals surface area contributed by atoms with Gasteiger partial charge in [0.2, 0.25) is 0 Å². The van der Waals surface area contributed by atoms with Gasteiger partial charge >= 0.3 is 0 Å². The Hall–Kier alpha value is -0.0800. The molecule has 0 fully saturated rings. The van der Waals surface area contributed by atoms with E-state index in [1.54, 1.807) is 0 Å². The van der Waals surface area contributed by atoms with Crippen molar-refractivity contribution in [1.82, 2.24) is 0 Å². The molecule has 0 aliphatic rings. The van der Waals surface area contributed by atoms with Gasteiger partial charge in [-0.1, -0.05) is 35.8 Å². The van der Waals surface area contributed by atoms with Gasteiger partial charge < -0.3 is 0 Å². The first-order valence-electron chi connectivity index (χ1n) is 5.04. The fourth-order valence-electron chi connectivity index (χ4n) is 1.44. The Morgan fingerprint density at radius 3 is 2.53 bits per heavy atom. The Morgan fingerprint density at radius 1 is 1.40 bits per heavy atom. The van der Waals surface area contributed by atoms with Gasteiger partial charge in [0, 0.05) is 10.4 Å². The topological polar surface area (TPSA) is 0 Å². The van der Waals surface area contributed by atoms with E-state index >= 15 is 0 Å². The molecule has 0 heterocycles. The van der Waals surface area contributed by atoms with Crippen LogP contribution in [0.4, 0.5) is 4.39 Å². The van der Waals surface area contributed by atoms with E-state index in [9.17, 15) is 4.39 Å². The van der Waals surface area contributed by atoms with Crippen molar-refractivity contribution in [3.8, 4) is 0 Å². The molecule has 15 heavy (non-hydrogen) atoms. The molecular formula is C12H15BrClF. The van der Waals surface area contributed by atoms with Gasteiger partial charge in [0.25, 0.3) is 0 Å². The highest BCUT2D eigenvalue weighted by Crippen LogP contribution is 2.22. The first-order valence-corrected chi connectivity index (χ1v) is 6.37. The van der Waals surface area contributed by atoms with E-state index in [1.165, 1.54) is 6.07 Å². The van der Waals surface area contributed by atoms with Crippen LogP contribution in [0.5, 0.6) is 0 Å². The highest BCUT2D eigenvalue weighted by molar-refractivity contribution is 9.10. The first-order chi connectivity index (χ1) is 7.04. The Labute approximate surface area is 104 Å². The highest BCUT2D eigenvalue weighted by atomic mass is 79.9. The number of halogens is 3. The zero-order valence-corrected chi connectivity index (χ0v) is 11.3. The van der Waals surface area contributed by atoms with Gasteiger partial charge in [-0.05, 0) is 36.0 Å². The summed E-state index contributed by atoms with van der Waals surface area (Å²) in [6, 6.07) is 5.19. The lowest BCUT2D eigenvalue weighted by Crippen LogP contribution is -2.14. The van der Waals surface area contributed by atoms with E-state index in [4.69, 9.17) is 11.6 Å². The fourth-order valence-corrected chi connectivity index (χ4v) is 2.24. The van der Waals surface area contributed by atoms with Crippen molar-refractivity contribution >= 4 is 27.5 Å². The van der Waals surface area contributed by atoms with Crippen LogP contribution in [0.3, 0.4) is 0 Å². The van der Waals surface area contributed by atoms with E-state index in [0.717, 1.165) is 10.0 Å². The lowest BCUT2D eigenvalue weighted by atomic mass is 9.91. The first kappa shape index (κ1) is 13.0. The second kappa shape index (κ2) is 5.86. The molecule has 0 amide bonds. The van der Waals surface area contributed by atoms with E-state index in [0.29, 0.717) is 24.1 Å². The summed E-state index contributed by atoms with van der Waals surface area (Å²) in [7, 11) is 0. The zero-order chi connectivity index (χ0) is 11.4. The summed E-state index contributed by atoms with van der Waals surface area (Å²) in [6.45, 7) is 4.23. The predicted octanol–water partition coefficient (Wildman–Crippen LogP) is 4.64. The minimum absolute atomic E-state index is 0.153. The van der Waals surface area contributed by atoms with Gasteiger partial charge in [0.05, 0.1) is 0 Å². The maximum absolute atomic E-state index is 13.5. The summed E-state index contributed by atoms with van der Waals surface area (Å²) in [4.78, 5) is 0. The summed E-state index contributed by atoms with van der Waals surface area (Å²) < 4.78 is 14.3. The van der Waals surface area contributed by atoms with E-state index in [2.05, 4.69) is 29.8 Å². The third kappa shape index (κ3) is 3.76. The summed E-state index contributed by atoms with van der Waals surface area (Å²) in [5, 5.41) is 0. The molecule has 1 atom stereocenters. The monoisotopic (exact) mass is 292 g/mol. The van der Waals surface area contributed by atoms with Crippen LogP contribution in [0, 0.1) is 17.7 Å². The number of benzene rings is 1. The Bertz CT molecular complexity index is 325. The van der Waals surface area contributed by atoms with Crippen LogP contribution in [0.15, 0.2) is 22.7 Å². The third-order valence-corrected chi connectivity index (χ3v) is 3.53. The van der Waals surface area contributed by atoms with E-state index < -0.39 is 0 Å². The molecule has 84 valence electrons. The average molecular weight is 294 g/mol. The molecular weight excluding hydrogens is 278 g/mol. The van der Waals surface area contributed by atoms with Crippen molar-refractivity contribution in [2.24, 2.45) is 11.8 Å². The third-order valence-electron chi connectivity index (χ3n) is 2.64. The minimum atomic E-state index is -0.153. The number of hydrogen-bond acceptors (Lipinski definition) is 0. The summed E-state index contributed by atoms with van der Waals surface area (Å²) in [5.41, 5.74) is 0.748. The van der Waals surface area contributed by atoms with Crippen LogP contribution < -0.4 is 0 Å². The summed E-state index contributed by atoms with van der Waals surface area (Å²) in [6.07, 6.45) is 0.709.